The Morgan fingerprint density at radius 3 is 2.47 bits per heavy atom. The van der Waals surface area contributed by atoms with Crippen molar-refractivity contribution < 1.29 is 14.9 Å². The van der Waals surface area contributed by atoms with E-state index in [1.165, 1.54) is 6.07 Å². The van der Waals surface area contributed by atoms with Crippen LogP contribution in [0.4, 0.5) is 0 Å². The van der Waals surface area contributed by atoms with E-state index in [1.807, 2.05) is 0 Å². The Morgan fingerprint density at radius 1 is 1.20 bits per heavy atom. The Balaban J connectivity index is 2.55. The minimum Gasteiger partial charge on any atom is -0.504 e. The summed E-state index contributed by atoms with van der Waals surface area (Å²) in [7, 11) is 0. The normalized spacial score (nSPS) is 11.7. The fourth-order valence-corrected chi connectivity index (χ4v) is 1.16. The van der Waals surface area contributed by atoms with Crippen LogP contribution in [-0.4, -0.2) is 16.8 Å². The molecule has 0 saturated heterocycles. The molecule has 0 unspecified atom stereocenters. The van der Waals surface area contributed by atoms with Crippen molar-refractivity contribution in [1.29, 1.82) is 0 Å². The van der Waals surface area contributed by atoms with Crippen LogP contribution in [-0.2, 0) is 11.3 Å². The lowest BCUT2D eigenvalue weighted by Crippen LogP contribution is -2.14. The summed E-state index contributed by atoms with van der Waals surface area (Å²) in [4.78, 5) is 0. The summed E-state index contributed by atoms with van der Waals surface area (Å²) in [6.07, 6.45) is 0. The zero-order valence-corrected chi connectivity index (χ0v) is 9.45. The van der Waals surface area contributed by atoms with Crippen molar-refractivity contribution in [1.82, 2.24) is 0 Å². The number of para-hydroxylation sites is 1. The Kier molecular flexibility index (Phi) is 3.58. The third kappa shape index (κ3) is 3.80. The maximum atomic E-state index is 9.50. The fourth-order valence-electron chi connectivity index (χ4n) is 1.16. The molecule has 0 bridgehead atoms. The van der Waals surface area contributed by atoms with Crippen molar-refractivity contribution in [3.8, 4) is 11.5 Å². The summed E-state index contributed by atoms with van der Waals surface area (Å²) in [5.41, 5.74) is 0.714. The number of phenolic OH excluding ortho intramolecular Hbond substituents is 2. The predicted octanol–water partition coefficient (Wildman–Crippen LogP) is 2.66. The number of benzene rings is 1. The highest BCUT2D eigenvalue weighted by atomic mass is 16.5. The molecular weight excluding hydrogens is 192 g/mol. The highest BCUT2D eigenvalue weighted by Gasteiger charge is 2.11. The number of ether oxygens (including phenoxy) is 1. The zero-order valence-electron chi connectivity index (χ0n) is 9.45. The van der Waals surface area contributed by atoms with Gasteiger partial charge in [-0.25, -0.2) is 0 Å². The van der Waals surface area contributed by atoms with Crippen molar-refractivity contribution in [3.63, 3.8) is 0 Å². The number of hydrogen-bond acceptors (Lipinski definition) is 3. The highest BCUT2D eigenvalue weighted by molar-refractivity contribution is 5.43. The summed E-state index contributed by atoms with van der Waals surface area (Å²) in [6.45, 7) is 7.17. The average molecular weight is 210 g/mol. The predicted molar refractivity (Wildman–Crippen MR) is 58.9 cm³/mol. The molecule has 0 amide bonds. The number of phenols is 2. The average Bonchev–Trinajstić information content (AvgIpc) is 2.10. The fraction of sp³-hybridized carbons (Fsp3) is 0.500. The number of hydrogen-bond donors (Lipinski definition) is 2. The molecule has 0 aliphatic carbocycles. The summed E-state index contributed by atoms with van der Waals surface area (Å²) in [5.74, 6) is -0.196. The molecule has 0 atom stereocenters. The van der Waals surface area contributed by atoms with E-state index in [2.05, 4.69) is 20.8 Å². The van der Waals surface area contributed by atoms with Gasteiger partial charge in [0.05, 0.1) is 13.2 Å². The lowest BCUT2D eigenvalue weighted by Gasteiger charge is -2.18. The lowest BCUT2D eigenvalue weighted by atomic mass is 9.99. The first-order chi connectivity index (χ1) is 6.90. The van der Waals surface area contributed by atoms with E-state index in [0.29, 0.717) is 18.8 Å². The quantitative estimate of drug-likeness (QED) is 0.754. The van der Waals surface area contributed by atoms with Crippen LogP contribution in [0.3, 0.4) is 0 Å². The standard InChI is InChI=1S/C12H18O3/c1-12(2,3)8-15-7-9-5-4-6-10(13)11(9)14/h4-6,13-14H,7-8H2,1-3H3. The Labute approximate surface area is 90.3 Å². The van der Waals surface area contributed by atoms with Gasteiger partial charge in [-0.1, -0.05) is 32.9 Å². The first kappa shape index (κ1) is 11.9. The number of rotatable bonds is 3. The smallest absolute Gasteiger partial charge is 0.163 e. The van der Waals surface area contributed by atoms with Crippen LogP contribution in [0, 0.1) is 5.41 Å². The molecule has 0 saturated carbocycles. The molecule has 0 fully saturated rings. The van der Waals surface area contributed by atoms with Gasteiger partial charge in [0, 0.05) is 5.56 Å². The molecule has 1 aromatic carbocycles. The summed E-state index contributed by atoms with van der Waals surface area (Å²) in [6, 6.07) is 4.87. The van der Waals surface area contributed by atoms with Crippen LogP contribution in [0.15, 0.2) is 18.2 Å². The van der Waals surface area contributed by atoms with Crippen LogP contribution in [0.1, 0.15) is 26.3 Å². The summed E-state index contributed by atoms with van der Waals surface area (Å²) in [5, 5.41) is 18.8. The Morgan fingerprint density at radius 2 is 1.87 bits per heavy atom. The van der Waals surface area contributed by atoms with Gasteiger partial charge in [0.25, 0.3) is 0 Å². The third-order valence-corrected chi connectivity index (χ3v) is 1.89. The molecule has 0 spiro atoms. The molecular formula is C12H18O3. The molecule has 0 radical (unpaired) electrons. The largest absolute Gasteiger partial charge is 0.504 e. The molecule has 84 valence electrons. The van der Waals surface area contributed by atoms with E-state index in [4.69, 9.17) is 4.74 Å². The van der Waals surface area contributed by atoms with Gasteiger partial charge in [0.1, 0.15) is 0 Å². The topological polar surface area (TPSA) is 49.7 Å². The van der Waals surface area contributed by atoms with Crippen molar-refractivity contribution in [2.75, 3.05) is 6.61 Å². The third-order valence-electron chi connectivity index (χ3n) is 1.89. The van der Waals surface area contributed by atoms with Crippen molar-refractivity contribution in [2.45, 2.75) is 27.4 Å². The second-order valence-corrected chi connectivity index (χ2v) is 4.84. The summed E-state index contributed by atoms with van der Waals surface area (Å²) < 4.78 is 5.45. The van der Waals surface area contributed by atoms with Gasteiger partial charge in [0.2, 0.25) is 0 Å². The van der Waals surface area contributed by atoms with Gasteiger partial charge in [0.15, 0.2) is 11.5 Å². The molecule has 0 aliphatic heterocycles. The summed E-state index contributed by atoms with van der Waals surface area (Å²) >= 11 is 0. The van der Waals surface area contributed by atoms with Gasteiger partial charge in [-0.15, -0.1) is 0 Å². The van der Waals surface area contributed by atoms with E-state index < -0.39 is 0 Å². The van der Waals surface area contributed by atoms with E-state index in [9.17, 15) is 10.2 Å². The van der Waals surface area contributed by atoms with E-state index in [1.54, 1.807) is 12.1 Å². The number of aromatic hydroxyl groups is 2. The molecule has 1 rings (SSSR count). The molecule has 3 nitrogen and oxygen atoms in total. The zero-order chi connectivity index (χ0) is 11.5. The Bertz CT molecular complexity index is 326. The molecule has 3 heteroatoms. The first-order valence-corrected chi connectivity index (χ1v) is 4.98. The van der Waals surface area contributed by atoms with E-state index in [-0.39, 0.29) is 16.9 Å². The minimum absolute atomic E-state index is 0.0913. The van der Waals surface area contributed by atoms with Crippen molar-refractivity contribution in [3.05, 3.63) is 23.8 Å². The minimum atomic E-state index is -0.105. The highest BCUT2D eigenvalue weighted by Crippen LogP contribution is 2.28. The molecule has 15 heavy (non-hydrogen) atoms. The maximum absolute atomic E-state index is 9.50. The molecule has 1 aromatic rings. The van der Waals surface area contributed by atoms with E-state index >= 15 is 0 Å². The van der Waals surface area contributed by atoms with Gasteiger partial charge < -0.3 is 14.9 Å². The molecule has 0 aromatic heterocycles. The maximum Gasteiger partial charge on any atom is 0.163 e. The molecule has 0 heterocycles. The van der Waals surface area contributed by atoms with Crippen LogP contribution >= 0.6 is 0 Å². The lowest BCUT2D eigenvalue weighted by molar-refractivity contribution is 0.0587. The van der Waals surface area contributed by atoms with Crippen LogP contribution in [0.2, 0.25) is 0 Å². The second kappa shape index (κ2) is 4.53. The van der Waals surface area contributed by atoms with Gasteiger partial charge in [-0.3, -0.25) is 0 Å². The van der Waals surface area contributed by atoms with Gasteiger partial charge in [-0.05, 0) is 11.5 Å². The Hall–Kier alpha value is -1.22. The van der Waals surface area contributed by atoms with Gasteiger partial charge >= 0.3 is 0 Å². The van der Waals surface area contributed by atoms with Gasteiger partial charge in [-0.2, -0.15) is 0 Å². The molecule has 2 N–H and O–H groups in total. The van der Waals surface area contributed by atoms with Crippen LogP contribution in [0.25, 0.3) is 0 Å². The monoisotopic (exact) mass is 210 g/mol. The molecule has 0 aliphatic rings. The van der Waals surface area contributed by atoms with E-state index in [0.717, 1.165) is 0 Å². The second-order valence-electron chi connectivity index (χ2n) is 4.84. The van der Waals surface area contributed by atoms with Crippen molar-refractivity contribution >= 4 is 0 Å². The van der Waals surface area contributed by atoms with Crippen LogP contribution < -0.4 is 0 Å². The first-order valence-electron chi connectivity index (χ1n) is 4.98. The SMILES string of the molecule is CC(C)(C)COCc1cccc(O)c1O. The van der Waals surface area contributed by atoms with Crippen LogP contribution in [0.5, 0.6) is 11.5 Å². The van der Waals surface area contributed by atoms with Crippen molar-refractivity contribution in [2.24, 2.45) is 5.41 Å².